The number of phenolic OH excluding ortho intramolecular Hbond substituents is 1. The fourth-order valence-electron chi connectivity index (χ4n) is 2.87. The number of hydrogen-bond acceptors (Lipinski definition) is 4. The van der Waals surface area contributed by atoms with Gasteiger partial charge in [-0.05, 0) is 56.0 Å². The van der Waals surface area contributed by atoms with Gasteiger partial charge in [0.1, 0.15) is 17.2 Å². The number of benzene rings is 2. The van der Waals surface area contributed by atoms with Gasteiger partial charge in [-0.15, -0.1) is 0 Å². The summed E-state index contributed by atoms with van der Waals surface area (Å²) in [6.07, 6.45) is 4.64. The number of methoxy groups -OCH3 is 1. The molecule has 0 saturated heterocycles. The highest BCUT2D eigenvalue weighted by Gasteiger charge is 2.19. The van der Waals surface area contributed by atoms with Crippen LogP contribution in [0.1, 0.15) is 36.0 Å². The van der Waals surface area contributed by atoms with Crippen molar-refractivity contribution in [2.75, 3.05) is 12.4 Å². The standard InChI is InChI=1S/C19H21NO4/c1-23-14-10-11-17(21)15(12-14)19(22)20-16-8-4-5-9-18(16)24-13-6-2-3-7-13/h4-5,8-13,21H,2-3,6-7H2,1H3,(H,20,22). The molecular weight excluding hydrogens is 306 g/mol. The lowest BCUT2D eigenvalue weighted by molar-refractivity contribution is 0.102. The number of rotatable bonds is 5. The van der Waals surface area contributed by atoms with E-state index in [0.29, 0.717) is 17.2 Å². The number of carbonyl (C=O) groups excluding carboxylic acids is 1. The zero-order valence-corrected chi connectivity index (χ0v) is 13.6. The van der Waals surface area contributed by atoms with E-state index in [2.05, 4.69) is 5.32 Å². The number of aromatic hydroxyl groups is 1. The average Bonchev–Trinajstić information content (AvgIpc) is 3.10. The summed E-state index contributed by atoms with van der Waals surface area (Å²) in [5, 5.41) is 12.7. The zero-order chi connectivity index (χ0) is 16.9. The van der Waals surface area contributed by atoms with E-state index in [1.165, 1.54) is 32.1 Å². The highest BCUT2D eigenvalue weighted by Crippen LogP contribution is 2.31. The van der Waals surface area contributed by atoms with E-state index in [1.54, 1.807) is 12.1 Å². The van der Waals surface area contributed by atoms with E-state index in [0.717, 1.165) is 12.8 Å². The molecule has 2 aromatic carbocycles. The van der Waals surface area contributed by atoms with Gasteiger partial charge in [-0.2, -0.15) is 0 Å². The first-order chi connectivity index (χ1) is 11.7. The van der Waals surface area contributed by atoms with Crippen LogP contribution in [-0.4, -0.2) is 24.2 Å². The monoisotopic (exact) mass is 327 g/mol. The number of ether oxygens (including phenoxy) is 2. The topological polar surface area (TPSA) is 67.8 Å². The molecule has 2 aromatic rings. The van der Waals surface area contributed by atoms with Gasteiger partial charge in [0.15, 0.2) is 0 Å². The third kappa shape index (κ3) is 3.62. The van der Waals surface area contributed by atoms with Gasteiger partial charge in [-0.3, -0.25) is 4.79 Å². The van der Waals surface area contributed by atoms with Crippen LogP contribution in [0.3, 0.4) is 0 Å². The molecule has 0 spiro atoms. The highest BCUT2D eigenvalue weighted by atomic mass is 16.5. The van der Waals surface area contributed by atoms with Crippen LogP contribution in [0.25, 0.3) is 0 Å². The third-order valence-corrected chi connectivity index (χ3v) is 4.18. The van der Waals surface area contributed by atoms with Crippen molar-refractivity contribution in [3.8, 4) is 17.2 Å². The van der Waals surface area contributed by atoms with Crippen molar-refractivity contribution in [2.24, 2.45) is 0 Å². The van der Waals surface area contributed by atoms with Crippen LogP contribution in [0.15, 0.2) is 42.5 Å². The lowest BCUT2D eigenvalue weighted by Crippen LogP contribution is -2.16. The minimum absolute atomic E-state index is 0.0949. The number of phenols is 1. The lowest BCUT2D eigenvalue weighted by Gasteiger charge is -2.17. The summed E-state index contributed by atoms with van der Waals surface area (Å²) in [7, 11) is 1.51. The quantitative estimate of drug-likeness (QED) is 0.872. The van der Waals surface area contributed by atoms with Gasteiger partial charge in [0.25, 0.3) is 5.91 Å². The van der Waals surface area contributed by atoms with Crippen LogP contribution in [0.2, 0.25) is 0 Å². The first-order valence-corrected chi connectivity index (χ1v) is 8.11. The van der Waals surface area contributed by atoms with E-state index >= 15 is 0 Å². The van der Waals surface area contributed by atoms with Crippen molar-refractivity contribution in [3.05, 3.63) is 48.0 Å². The molecule has 0 bridgehead atoms. The molecule has 126 valence electrons. The van der Waals surface area contributed by atoms with Crippen molar-refractivity contribution < 1.29 is 19.4 Å². The van der Waals surface area contributed by atoms with Gasteiger partial charge in [-0.25, -0.2) is 0 Å². The lowest BCUT2D eigenvalue weighted by atomic mass is 10.1. The molecule has 0 unspecified atom stereocenters. The first kappa shape index (κ1) is 16.2. The van der Waals surface area contributed by atoms with Crippen molar-refractivity contribution in [2.45, 2.75) is 31.8 Å². The van der Waals surface area contributed by atoms with Gasteiger partial charge < -0.3 is 19.9 Å². The molecule has 1 fully saturated rings. The van der Waals surface area contributed by atoms with E-state index in [4.69, 9.17) is 9.47 Å². The largest absolute Gasteiger partial charge is 0.507 e. The second-order valence-electron chi connectivity index (χ2n) is 5.86. The maximum atomic E-state index is 12.5. The Labute approximate surface area is 141 Å². The minimum Gasteiger partial charge on any atom is -0.507 e. The molecule has 1 aliphatic rings. The Bertz CT molecular complexity index is 723. The number of hydrogen-bond donors (Lipinski definition) is 2. The SMILES string of the molecule is COc1ccc(O)c(C(=O)Nc2ccccc2OC2CCCC2)c1. The fourth-order valence-corrected chi connectivity index (χ4v) is 2.87. The van der Waals surface area contributed by atoms with Crippen molar-refractivity contribution in [1.82, 2.24) is 0 Å². The Morgan fingerprint density at radius 1 is 1.17 bits per heavy atom. The minimum atomic E-state index is -0.408. The fraction of sp³-hybridized carbons (Fsp3) is 0.316. The molecule has 0 heterocycles. The second kappa shape index (κ2) is 7.25. The summed E-state index contributed by atoms with van der Waals surface area (Å²) in [4.78, 5) is 12.5. The third-order valence-electron chi connectivity index (χ3n) is 4.18. The predicted octanol–water partition coefficient (Wildman–Crippen LogP) is 3.97. The Morgan fingerprint density at radius 3 is 2.67 bits per heavy atom. The van der Waals surface area contributed by atoms with E-state index in [-0.39, 0.29) is 17.4 Å². The Balaban J connectivity index is 1.79. The second-order valence-corrected chi connectivity index (χ2v) is 5.86. The summed E-state index contributed by atoms with van der Waals surface area (Å²) < 4.78 is 11.1. The predicted molar refractivity (Wildman–Crippen MR) is 91.9 cm³/mol. The average molecular weight is 327 g/mol. The number of anilines is 1. The highest BCUT2D eigenvalue weighted by molar-refractivity contribution is 6.07. The molecule has 3 rings (SSSR count). The van der Waals surface area contributed by atoms with Gasteiger partial charge in [0.2, 0.25) is 0 Å². The summed E-state index contributed by atoms with van der Waals surface area (Å²) in [6, 6.07) is 11.9. The van der Waals surface area contributed by atoms with Gasteiger partial charge >= 0.3 is 0 Å². The molecule has 5 heteroatoms. The van der Waals surface area contributed by atoms with Crippen molar-refractivity contribution in [3.63, 3.8) is 0 Å². The van der Waals surface area contributed by atoms with Crippen LogP contribution in [0.5, 0.6) is 17.2 Å². The van der Waals surface area contributed by atoms with Gasteiger partial charge in [0.05, 0.1) is 24.5 Å². The molecule has 2 N–H and O–H groups in total. The molecule has 0 atom stereocenters. The number of amides is 1. The van der Waals surface area contributed by atoms with E-state index < -0.39 is 5.91 Å². The molecule has 1 aliphatic carbocycles. The van der Waals surface area contributed by atoms with E-state index in [1.807, 2.05) is 18.2 Å². The maximum absolute atomic E-state index is 12.5. The van der Waals surface area contributed by atoms with Crippen molar-refractivity contribution >= 4 is 11.6 Å². The van der Waals surface area contributed by atoms with E-state index in [9.17, 15) is 9.90 Å². The number of carbonyl (C=O) groups is 1. The van der Waals surface area contributed by atoms with Crippen molar-refractivity contribution in [1.29, 1.82) is 0 Å². The molecular formula is C19H21NO4. The first-order valence-electron chi connectivity index (χ1n) is 8.11. The van der Waals surface area contributed by atoms with Crippen LogP contribution in [0.4, 0.5) is 5.69 Å². The molecule has 24 heavy (non-hydrogen) atoms. The van der Waals surface area contributed by atoms with Crippen LogP contribution in [0, 0.1) is 0 Å². The summed E-state index contributed by atoms with van der Waals surface area (Å²) in [5.74, 6) is 0.657. The van der Waals surface area contributed by atoms with Crippen LogP contribution < -0.4 is 14.8 Å². The number of nitrogens with one attached hydrogen (secondary N) is 1. The van der Waals surface area contributed by atoms with Gasteiger partial charge in [-0.1, -0.05) is 12.1 Å². The molecule has 1 saturated carbocycles. The Morgan fingerprint density at radius 2 is 1.92 bits per heavy atom. The van der Waals surface area contributed by atoms with Crippen LogP contribution in [-0.2, 0) is 0 Å². The number of para-hydroxylation sites is 2. The molecule has 0 radical (unpaired) electrons. The summed E-state index contributed by atoms with van der Waals surface area (Å²) >= 11 is 0. The Kier molecular flexibility index (Phi) is 4.89. The van der Waals surface area contributed by atoms with Gasteiger partial charge in [0, 0.05) is 0 Å². The summed E-state index contributed by atoms with van der Waals surface area (Å²) in [5.41, 5.74) is 0.752. The normalized spacial score (nSPS) is 14.4. The zero-order valence-electron chi connectivity index (χ0n) is 13.6. The maximum Gasteiger partial charge on any atom is 0.259 e. The smallest absolute Gasteiger partial charge is 0.259 e. The summed E-state index contributed by atoms with van der Waals surface area (Å²) in [6.45, 7) is 0. The Hall–Kier alpha value is -2.69. The molecule has 0 aromatic heterocycles. The molecule has 0 aliphatic heterocycles. The molecule has 1 amide bonds. The molecule has 5 nitrogen and oxygen atoms in total. The van der Waals surface area contributed by atoms with Crippen LogP contribution >= 0.6 is 0 Å².